The Labute approximate surface area is 274 Å². The zero-order valence-corrected chi connectivity index (χ0v) is 26.9. The van der Waals surface area contributed by atoms with Crippen molar-refractivity contribution in [1.82, 2.24) is 20.2 Å². The molecule has 0 radical (unpaired) electrons. The SMILES string of the molecule is CCOC(=O)N1c2ccc(C(F)(F)F)cc2[C@@H](Nc2nnn(CCC(Cc3cc(C(F)(F)F)cc(C(F)(F)F)c3)S(C)(=O)=O)n2)C[C@H]1CC. The van der Waals surface area contributed by atoms with Gasteiger partial charge in [0.05, 0.1) is 46.8 Å². The largest absolute Gasteiger partial charge is 0.449 e. The number of fused-ring (bicyclic) bond motifs is 1. The summed E-state index contributed by atoms with van der Waals surface area (Å²) in [4.78, 5) is 15.0. The first-order chi connectivity index (χ1) is 22.6. The first kappa shape index (κ1) is 37.7. The van der Waals surface area contributed by atoms with Gasteiger partial charge < -0.3 is 10.1 Å². The second-order valence-electron chi connectivity index (χ2n) is 11.4. The number of ether oxygens (including phenoxy) is 1. The van der Waals surface area contributed by atoms with E-state index in [0.717, 1.165) is 23.2 Å². The predicted octanol–water partition coefficient (Wildman–Crippen LogP) is 7.07. The molecular weight excluding hydrogens is 699 g/mol. The molecule has 270 valence electrons. The highest BCUT2D eigenvalue weighted by Gasteiger charge is 2.40. The zero-order chi connectivity index (χ0) is 36.5. The molecule has 0 spiro atoms. The Hall–Kier alpha value is -4.10. The number of tetrazole rings is 1. The normalized spacial score (nSPS) is 17.8. The number of hydrogen-bond acceptors (Lipinski definition) is 8. The molecule has 4 rings (SSSR count). The van der Waals surface area contributed by atoms with Crippen LogP contribution in [0.4, 0.5) is 55.9 Å². The molecule has 1 amide bonds. The fourth-order valence-electron chi connectivity index (χ4n) is 5.54. The van der Waals surface area contributed by atoms with Crippen LogP contribution in [0.15, 0.2) is 36.4 Å². The van der Waals surface area contributed by atoms with Crippen molar-refractivity contribution in [3.8, 4) is 0 Å². The summed E-state index contributed by atoms with van der Waals surface area (Å²) in [6.07, 6.45) is -15.4. The van der Waals surface area contributed by atoms with Crippen molar-refractivity contribution in [2.24, 2.45) is 0 Å². The van der Waals surface area contributed by atoms with E-state index >= 15 is 0 Å². The monoisotopic (exact) mass is 730 g/mol. The fourth-order valence-corrected chi connectivity index (χ4v) is 6.56. The molecule has 0 bridgehead atoms. The van der Waals surface area contributed by atoms with Crippen LogP contribution in [0.1, 0.15) is 67.0 Å². The van der Waals surface area contributed by atoms with Crippen molar-refractivity contribution < 1.29 is 57.5 Å². The van der Waals surface area contributed by atoms with Gasteiger partial charge in [0.25, 0.3) is 5.95 Å². The summed E-state index contributed by atoms with van der Waals surface area (Å²) in [5, 5.41) is 13.2. The number of sulfone groups is 1. The van der Waals surface area contributed by atoms with Crippen LogP contribution < -0.4 is 10.2 Å². The Balaban J connectivity index is 1.57. The van der Waals surface area contributed by atoms with Crippen LogP contribution >= 0.6 is 0 Å². The van der Waals surface area contributed by atoms with Crippen molar-refractivity contribution in [3.05, 3.63) is 64.2 Å². The number of aryl methyl sites for hydroxylation is 1. The number of rotatable bonds is 10. The molecule has 2 heterocycles. The summed E-state index contributed by atoms with van der Waals surface area (Å²) >= 11 is 0. The second kappa shape index (κ2) is 14.0. The number of alkyl halides is 9. The van der Waals surface area contributed by atoms with Crippen LogP contribution in [-0.4, -0.2) is 58.9 Å². The maximum absolute atomic E-state index is 13.6. The van der Waals surface area contributed by atoms with Gasteiger partial charge in [0.1, 0.15) is 0 Å². The maximum Gasteiger partial charge on any atom is 0.416 e. The summed E-state index contributed by atoms with van der Waals surface area (Å²) in [6.45, 7) is 3.11. The van der Waals surface area contributed by atoms with E-state index in [1.807, 2.05) is 0 Å². The maximum atomic E-state index is 13.6. The molecule has 10 nitrogen and oxygen atoms in total. The number of nitrogens with zero attached hydrogens (tertiary/aromatic N) is 5. The van der Waals surface area contributed by atoms with Crippen LogP contribution in [0.5, 0.6) is 0 Å². The Kier molecular flexibility index (Phi) is 10.8. The van der Waals surface area contributed by atoms with Gasteiger partial charge in [-0.1, -0.05) is 12.0 Å². The van der Waals surface area contributed by atoms with Gasteiger partial charge in [-0.15, -0.1) is 5.10 Å². The average molecular weight is 731 g/mol. The number of halogens is 9. The molecule has 1 N–H and O–H groups in total. The summed E-state index contributed by atoms with van der Waals surface area (Å²) in [6, 6.07) is 2.42. The molecule has 0 saturated carbocycles. The molecule has 1 aromatic heterocycles. The van der Waals surface area contributed by atoms with E-state index in [1.165, 1.54) is 11.0 Å². The molecule has 20 heteroatoms. The quantitative estimate of drug-likeness (QED) is 0.220. The molecular formula is C29H31F9N6O4S. The number of amides is 1. The molecule has 0 fully saturated rings. The lowest BCUT2D eigenvalue weighted by Crippen LogP contribution is -2.46. The van der Waals surface area contributed by atoms with Gasteiger partial charge in [-0.2, -0.15) is 44.3 Å². The average Bonchev–Trinajstić information content (AvgIpc) is 3.43. The van der Waals surface area contributed by atoms with Gasteiger partial charge in [-0.3, -0.25) is 4.90 Å². The van der Waals surface area contributed by atoms with E-state index in [0.29, 0.717) is 18.6 Å². The molecule has 3 atom stereocenters. The van der Waals surface area contributed by atoms with E-state index in [2.05, 4.69) is 20.7 Å². The summed E-state index contributed by atoms with van der Waals surface area (Å²) in [5.74, 6) is -0.170. The highest BCUT2D eigenvalue weighted by atomic mass is 32.2. The highest BCUT2D eigenvalue weighted by molar-refractivity contribution is 7.91. The third-order valence-corrected chi connectivity index (χ3v) is 9.54. The van der Waals surface area contributed by atoms with Crippen LogP contribution in [0.3, 0.4) is 0 Å². The smallest absolute Gasteiger partial charge is 0.416 e. The number of benzene rings is 2. The third-order valence-electron chi connectivity index (χ3n) is 7.92. The Morgan fingerprint density at radius 1 is 0.959 bits per heavy atom. The lowest BCUT2D eigenvalue weighted by molar-refractivity contribution is -0.143. The molecule has 1 aliphatic heterocycles. The number of aromatic nitrogens is 4. The third kappa shape index (κ3) is 9.13. The minimum Gasteiger partial charge on any atom is -0.449 e. The second-order valence-corrected chi connectivity index (χ2v) is 13.7. The van der Waals surface area contributed by atoms with Crippen molar-refractivity contribution in [2.75, 3.05) is 23.1 Å². The van der Waals surface area contributed by atoms with Crippen LogP contribution in [0, 0.1) is 0 Å². The minimum absolute atomic E-state index is 0.0329. The van der Waals surface area contributed by atoms with E-state index in [-0.39, 0.29) is 49.3 Å². The molecule has 3 aromatic rings. The van der Waals surface area contributed by atoms with Gasteiger partial charge in [-0.05, 0) is 85.3 Å². The van der Waals surface area contributed by atoms with E-state index in [1.54, 1.807) is 13.8 Å². The molecule has 49 heavy (non-hydrogen) atoms. The molecule has 0 saturated heterocycles. The van der Waals surface area contributed by atoms with Gasteiger partial charge in [0, 0.05) is 12.3 Å². The number of carbonyl (C=O) groups excluding carboxylic acids is 1. The van der Waals surface area contributed by atoms with Crippen molar-refractivity contribution in [1.29, 1.82) is 0 Å². The highest BCUT2D eigenvalue weighted by Crippen LogP contribution is 2.43. The van der Waals surface area contributed by atoms with Crippen LogP contribution in [0.2, 0.25) is 0 Å². The Morgan fingerprint density at radius 2 is 1.57 bits per heavy atom. The van der Waals surface area contributed by atoms with Crippen LogP contribution in [0.25, 0.3) is 0 Å². The summed E-state index contributed by atoms with van der Waals surface area (Å²) in [5.41, 5.74) is -4.36. The lowest BCUT2D eigenvalue weighted by atomic mass is 9.89. The van der Waals surface area contributed by atoms with Gasteiger partial charge in [-0.25, -0.2) is 13.2 Å². The van der Waals surface area contributed by atoms with Gasteiger partial charge in [0.15, 0.2) is 9.84 Å². The summed E-state index contributed by atoms with van der Waals surface area (Å²) < 4.78 is 151. The molecule has 1 unspecified atom stereocenters. The van der Waals surface area contributed by atoms with E-state index < -0.39 is 80.5 Å². The van der Waals surface area contributed by atoms with Crippen molar-refractivity contribution >= 4 is 27.6 Å². The standard InChI is InChI=1S/C29H31F9N6O4S/c1-4-20-15-23(22-14-17(27(30,31)32)6-7-24(22)44(20)26(45)48-5-2)39-25-40-42-43(41-25)9-8-21(49(3,46)47)12-16-10-18(28(33,34)35)13-19(11-16)29(36,37)38/h6-7,10-11,13-14,20-21,23H,4-5,8-9,12,15H2,1-3H3,(H,39,41)/t20-,21?,23+/m1/s1. The zero-order valence-electron chi connectivity index (χ0n) is 26.1. The topological polar surface area (TPSA) is 119 Å². The number of hydrogen-bond donors (Lipinski definition) is 1. The van der Waals surface area contributed by atoms with Crippen molar-refractivity contribution in [2.45, 2.75) is 81.9 Å². The summed E-state index contributed by atoms with van der Waals surface area (Å²) in [7, 11) is -4.02. The van der Waals surface area contributed by atoms with Gasteiger partial charge in [0.2, 0.25) is 0 Å². The van der Waals surface area contributed by atoms with Gasteiger partial charge >= 0.3 is 24.6 Å². The van der Waals surface area contributed by atoms with E-state index in [4.69, 9.17) is 4.74 Å². The Bertz CT molecular complexity index is 1730. The minimum atomic E-state index is -5.12. The fraction of sp³-hybridized carbons (Fsp3) is 0.517. The Morgan fingerprint density at radius 3 is 2.10 bits per heavy atom. The first-order valence-electron chi connectivity index (χ1n) is 14.8. The first-order valence-corrected chi connectivity index (χ1v) is 16.8. The molecule has 0 aliphatic carbocycles. The number of anilines is 2. The lowest BCUT2D eigenvalue weighted by Gasteiger charge is -2.40. The number of carbonyl (C=O) groups is 1. The molecule has 2 aromatic carbocycles. The van der Waals surface area contributed by atoms with E-state index in [9.17, 15) is 52.7 Å². The molecule has 1 aliphatic rings. The number of nitrogens with one attached hydrogen (secondary N) is 1. The predicted molar refractivity (Wildman–Crippen MR) is 157 cm³/mol. The van der Waals surface area contributed by atoms with Crippen molar-refractivity contribution in [3.63, 3.8) is 0 Å². The van der Waals surface area contributed by atoms with Crippen LogP contribution in [-0.2, 0) is 46.1 Å².